The lowest BCUT2D eigenvalue weighted by Gasteiger charge is -2.36. The van der Waals surface area contributed by atoms with Crippen molar-refractivity contribution in [3.63, 3.8) is 0 Å². The molecule has 2 rings (SSSR count). The van der Waals surface area contributed by atoms with E-state index in [9.17, 15) is 0 Å². The number of aryl methyl sites for hydroxylation is 2. The third kappa shape index (κ3) is 3.60. The minimum Gasteiger partial charge on any atom is -0.357 e. The van der Waals surface area contributed by atoms with Crippen LogP contribution in [0.25, 0.3) is 0 Å². The molecule has 1 aliphatic carbocycles. The molecular formula is C17H32N4. The van der Waals surface area contributed by atoms with Gasteiger partial charge < -0.3 is 10.6 Å². The van der Waals surface area contributed by atoms with Crippen molar-refractivity contribution in [1.82, 2.24) is 9.78 Å². The molecule has 4 heteroatoms. The molecule has 0 amide bonds. The first-order valence-corrected chi connectivity index (χ1v) is 8.44. The maximum Gasteiger partial charge on any atom is 0.130 e. The summed E-state index contributed by atoms with van der Waals surface area (Å²) in [5, 5.41) is 4.63. The minimum absolute atomic E-state index is 0.177. The Labute approximate surface area is 129 Å². The second-order valence-electron chi connectivity index (χ2n) is 6.89. The fourth-order valence-electron chi connectivity index (χ4n) is 3.81. The van der Waals surface area contributed by atoms with Crippen LogP contribution in [0.4, 0.5) is 5.82 Å². The Bertz CT molecular complexity index is 456. The molecule has 1 atom stereocenters. The number of hydrogen-bond donors (Lipinski definition) is 1. The summed E-state index contributed by atoms with van der Waals surface area (Å²) in [5.74, 6) is 2.20. The van der Waals surface area contributed by atoms with Gasteiger partial charge in [-0.2, -0.15) is 5.10 Å². The van der Waals surface area contributed by atoms with Crippen LogP contribution in [0, 0.1) is 12.8 Å². The van der Waals surface area contributed by atoms with E-state index in [1.54, 1.807) is 0 Å². The molecule has 2 N–H and O–H groups in total. The second kappa shape index (κ2) is 6.82. The van der Waals surface area contributed by atoms with Gasteiger partial charge in [0.05, 0.1) is 5.69 Å². The molecule has 0 aromatic carbocycles. The van der Waals surface area contributed by atoms with E-state index in [0.29, 0.717) is 6.04 Å². The maximum absolute atomic E-state index is 6.03. The van der Waals surface area contributed by atoms with Crippen LogP contribution < -0.4 is 10.6 Å². The zero-order chi connectivity index (χ0) is 15.6. The highest BCUT2D eigenvalue weighted by atomic mass is 15.4. The average Bonchev–Trinajstić information content (AvgIpc) is 2.72. The number of nitrogens with zero attached hydrogens (tertiary/aromatic N) is 3. The summed E-state index contributed by atoms with van der Waals surface area (Å²) in [6.07, 6.45) is 7.57. The third-order valence-electron chi connectivity index (χ3n) is 5.11. The summed E-state index contributed by atoms with van der Waals surface area (Å²) >= 11 is 0. The molecule has 1 heterocycles. The Morgan fingerprint density at radius 2 is 1.95 bits per heavy atom. The molecule has 1 aromatic heterocycles. The Morgan fingerprint density at radius 3 is 2.48 bits per heavy atom. The lowest BCUT2D eigenvalue weighted by Crippen LogP contribution is -2.37. The van der Waals surface area contributed by atoms with Crippen molar-refractivity contribution in [3.05, 3.63) is 11.3 Å². The fourth-order valence-corrected chi connectivity index (χ4v) is 3.81. The quantitative estimate of drug-likeness (QED) is 0.907. The summed E-state index contributed by atoms with van der Waals surface area (Å²) in [6.45, 7) is 6.49. The smallest absolute Gasteiger partial charge is 0.130 e. The molecule has 1 aliphatic rings. The molecule has 0 spiro atoms. The molecule has 0 aliphatic heterocycles. The molecule has 1 aromatic rings. The van der Waals surface area contributed by atoms with E-state index >= 15 is 0 Å². The number of rotatable bonds is 5. The van der Waals surface area contributed by atoms with Crippen molar-refractivity contribution in [2.45, 2.75) is 71.4 Å². The van der Waals surface area contributed by atoms with E-state index in [1.165, 1.54) is 43.5 Å². The lowest BCUT2D eigenvalue weighted by molar-refractivity contribution is 0.312. The van der Waals surface area contributed by atoms with E-state index in [2.05, 4.69) is 44.9 Å². The van der Waals surface area contributed by atoms with Gasteiger partial charge >= 0.3 is 0 Å². The first-order valence-electron chi connectivity index (χ1n) is 8.44. The molecule has 4 nitrogen and oxygen atoms in total. The first-order chi connectivity index (χ1) is 9.93. The third-order valence-corrected chi connectivity index (χ3v) is 5.11. The molecule has 0 radical (unpaired) electrons. The highest BCUT2D eigenvalue weighted by Crippen LogP contribution is 2.33. The van der Waals surface area contributed by atoms with Crippen molar-refractivity contribution >= 4 is 5.82 Å². The van der Waals surface area contributed by atoms with Crippen molar-refractivity contribution in [2.75, 3.05) is 11.9 Å². The monoisotopic (exact) mass is 292 g/mol. The Morgan fingerprint density at radius 1 is 1.33 bits per heavy atom. The summed E-state index contributed by atoms with van der Waals surface area (Å²) in [4.78, 5) is 2.46. The minimum atomic E-state index is 0.177. The Balaban J connectivity index is 2.17. The van der Waals surface area contributed by atoms with E-state index in [4.69, 9.17) is 5.73 Å². The highest BCUT2D eigenvalue weighted by Gasteiger charge is 2.27. The topological polar surface area (TPSA) is 47.1 Å². The van der Waals surface area contributed by atoms with Crippen molar-refractivity contribution in [3.8, 4) is 0 Å². The van der Waals surface area contributed by atoms with Crippen LogP contribution in [0.5, 0.6) is 0 Å². The van der Waals surface area contributed by atoms with Gasteiger partial charge in [0.15, 0.2) is 0 Å². The molecule has 21 heavy (non-hydrogen) atoms. The summed E-state index contributed by atoms with van der Waals surface area (Å²) < 4.78 is 2.04. The number of nitrogens with two attached hydrogens (primary N) is 1. The van der Waals surface area contributed by atoms with Gasteiger partial charge in [-0.05, 0) is 51.9 Å². The molecule has 0 saturated heterocycles. The number of hydrogen-bond acceptors (Lipinski definition) is 3. The summed E-state index contributed by atoms with van der Waals surface area (Å²) in [5.41, 5.74) is 8.48. The van der Waals surface area contributed by atoms with Crippen LogP contribution in [0.3, 0.4) is 0 Å². The van der Waals surface area contributed by atoms with Crippen LogP contribution in [0.1, 0.15) is 57.2 Å². The van der Waals surface area contributed by atoms with Gasteiger partial charge in [-0.25, -0.2) is 0 Å². The van der Waals surface area contributed by atoms with Crippen LogP contribution >= 0.6 is 0 Å². The molecule has 1 saturated carbocycles. The Hall–Kier alpha value is -1.03. The van der Waals surface area contributed by atoms with E-state index in [1.807, 2.05) is 4.68 Å². The molecule has 120 valence electrons. The Kier molecular flexibility index (Phi) is 5.31. The van der Waals surface area contributed by atoms with Gasteiger partial charge in [0.25, 0.3) is 0 Å². The largest absolute Gasteiger partial charge is 0.357 e. The van der Waals surface area contributed by atoms with Gasteiger partial charge in [-0.3, -0.25) is 4.68 Å². The van der Waals surface area contributed by atoms with Gasteiger partial charge in [-0.15, -0.1) is 0 Å². The second-order valence-corrected chi connectivity index (χ2v) is 6.89. The summed E-state index contributed by atoms with van der Waals surface area (Å²) in [6, 6.07) is 0.824. The number of aromatic nitrogens is 2. The predicted octanol–water partition coefficient (Wildman–Crippen LogP) is 3.02. The van der Waals surface area contributed by atoms with Crippen LogP contribution in [-0.2, 0) is 13.5 Å². The van der Waals surface area contributed by atoms with Crippen LogP contribution in [-0.4, -0.2) is 28.9 Å². The molecule has 1 fully saturated rings. The van der Waals surface area contributed by atoms with Crippen molar-refractivity contribution in [2.24, 2.45) is 18.7 Å². The average molecular weight is 292 g/mol. The summed E-state index contributed by atoms with van der Waals surface area (Å²) in [7, 11) is 4.29. The van der Waals surface area contributed by atoms with E-state index < -0.39 is 0 Å². The van der Waals surface area contributed by atoms with Gasteiger partial charge in [-0.1, -0.05) is 13.3 Å². The van der Waals surface area contributed by atoms with Gasteiger partial charge in [0.2, 0.25) is 0 Å². The maximum atomic E-state index is 6.03. The standard InChI is InChI=1S/C17H32N4/c1-6-14-7-9-15(10-8-14)20(4)17-16(11-12(2)18)13(3)19-21(17)5/h12,14-15H,6-11,18H2,1-5H3. The highest BCUT2D eigenvalue weighted by molar-refractivity contribution is 5.51. The lowest BCUT2D eigenvalue weighted by atomic mass is 9.84. The SMILES string of the molecule is CCC1CCC(N(C)c2c(CC(C)N)c(C)nn2C)CC1. The molecule has 1 unspecified atom stereocenters. The molecule has 0 bridgehead atoms. The van der Waals surface area contributed by atoms with Crippen LogP contribution in [0.2, 0.25) is 0 Å². The first kappa shape index (κ1) is 16.3. The zero-order valence-electron chi connectivity index (χ0n) is 14.4. The fraction of sp³-hybridized carbons (Fsp3) is 0.824. The molecular weight excluding hydrogens is 260 g/mol. The van der Waals surface area contributed by atoms with E-state index in [0.717, 1.165) is 18.0 Å². The predicted molar refractivity (Wildman–Crippen MR) is 89.7 cm³/mol. The van der Waals surface area contributed by atoms with Gasteiger partial charge in [0, 0.05) is 31.7 Å². The zero-order valence-corrected chi connectivity index (χ0v) is 14.4. The van der Waals surface area contributed by atoms with Crippen LogP contribution in [0.15, 0.2) is 0 Å². The normalized spacial score (nSPS) is 24.1. The van der Waals surface area contributed by atoms with E-state index in [-0.39, 0.29) is 6.04 Å². The van der Waals surface area contributed by atoms with Gasteiger partial charge in [0.1, 0.15) is 5.82 Å². The van der Waals surface area contributed by atoms with Crippen molar-refractivity contribution < 1.29 is 0 Å². The van der Waals surface area contributed by atoms with Crippen molar-refractivity contribution in [1.29, 1.82) is 0 Å². The number of anilines is 1.